The highest BCUT2D eigenvalue weighted by molar-refractivity contribution is 7.10. The topological polar surface area (TPSA) is 31.4 Å². The number of likely N-dealkylation sites (tertiary alicyclic amines) is 1. The van der Waals surface area contributed by atoms with E-state index in [1.807, 2.05) is 37.7 Å². The largest absolute Gasteiger partial charge is 0.362 e. The fraction of sp³-hybridized carbons (Fsp3) is 0.500. The third-order valence-corrected chi connectivity index (χ3v) is 5.20. The summed E-state index contributed by atoms with van der Waals surface area (Å²) in [4.78, 5) is 10.5. The van der Waals surface area contributed by atoms with E-state index >= 15 is 0 Å². The van der Waals surface area contributed by atoms with Crippen LogP contribution in [0.5, 0.6) is 0 Å². The second-order valence-corrected chi connectivity index (χ2v) is 7.38. The second-order valence-electron chi connectivity index (χ2n) is 6.39. The smallest absolute Gasteiger partial charge is 0.132 e. The number of aromatic nitrogens is 1. The molecule has 0 saturated carbocycles. The summed E-state index contributed by atoms with van der Waals surface area (Å²) in [6.07, 6.45) is 4.57. The number of hydrogen-bond acceptors (Lipinski definition) is 5. The molecule has 1 aliphatic rings. The van der Waals surface area contributed by atoms with Gasteiger partial charge in [-0.25, -0.2) is 4.98 Å². The minimum atomic E-state index is 0.848. The van der Waals surface area contributed by atoms with E-state index in [-0.39, 0.29) is 0 Å². The van der Waals surface area contributed by atoms with Gasteiger partial charge in [0.25, 0.3) is 0 Å². The molecule has 2 aromatic heterocycles. The van der Waals surface area contributed by atoms with Gasteiger partial charge >= 0.3 is 0 Å². The van der Waals surface area contributed by atoms with Crippen molar-refractivity contribution in [3.8, 4) is 0 Å². The average Bonchev–Trinajstić information content (AvgIpc) is 3.20. The predicted octanol–water partition coefficient (Wildman–Crippen LogP) is 3.09. The standard InChI is InChI=1S/C18H26N4S/c1-21(2)18-16(6-5-7-20-18)11-19-12-17-10-15(14-23-17)13-22-8-3-4-9-22/h5-7,10,14,19H,3-4,8-9,11-13H2,1-2H3. The van der Waals surface area contributed by atoms with E-state index in [1.54, 1.807) is 0 Å². The Labute approximate surface area is 143 Å². The second kappa shape index (κ2) is 7.90. The maximum Gasteiger partial charge on any atom is 0.132 e. The van der Waals surface area contributed by atoms with Gasteiger partial charge in [-0.15, -0.1) is 11.3 Å². The molecule has 5 heteroatoms. The van der Waals surface area contributed by atoms with Crippen LogP contribution in [0.3, 0.4) is 0 Å². The molecule has 1 saturated heterocycles. The van der Waals surface area contributed by atoms with Gasteiger partial charge in [0.2, 0.25) is 0 Å². The predicted molar refractivity (Wildman–Crippen MR) is 97.9 cm³/mol. The van der Waals surface area contributed by atoms with Crippen LogP contribution in [0.4, 0.5) is 5.82 Å². The quantitative estimate of drug-likeness (QED) is 0.845. The number of nitrogens with zero attached hydrogens (tertiary/aromatic N) is 3. The third kappa shape index (κ3) is 4.53. The zero-order chi connectivity index (χ0) is 16.1. The van der Waals surface area contributed by atoms with Crippen LogP contribution in [-0.4, -0.2) is 37.1 Å². The van der Waals surface area contributed by atoms with Crippen molar-refractivity contribution in [2.24, 2.45) is 0 Å². The molecule has 0 aliphatic carbocycles. The Hall–Kier alpha value is -1.43. The highest BCUT2D eigenvalue weighted by Crippen LogP contribution is 2.19. The molecule has 0 bridgehead atoms. The number of nitrogens with one attached hydrogen (secondary N) is 1. The average molecular weight is 331 g/mol. The fourth-order valence-electron chi connectivity index (χ4n) is 3.09. The van der Waals surface area contributed by atoms with E-state index in [9.17, 15) is 0 Å². The van der Waals surface area contributed by atoms with Crippen LogP contribution in [0.25, 0.3) is 0 Å². The van der Waals surface area contributed by atoms with E-state index < -0.39 is 0 Å². The maximum atomic E-state index is 4.45. The third-order valence-electron chi connectivity index (χ3n) is 4.22. The number of pyridine rings is 1. The molecule has 0 unspecified atom stereocenters. The Morgan fingerprint density at radius 3 is 2.87 bits per heavy atom. The molecule has 0 aromatic carbocycles. The molecule has 1 fully saturated rings. The van der Waals surface area contributed by atoms with Crippen molar-refractivity contribution in [3.05, 3.63) is 45.8 Å². The lowest BCUT2D eigenvalue weighted by molar-refractivity contribution is 0.332. The lowest BCUT2D eigenvalue weighted by atomic mass is 10.2. The van der Waals surface area contributed by atoms with Gasteiger partial charge in [0.05, 0.1) is 0 Å². The van der Waals surface area contributed by atoms with Crippen LogP contribution in [0.1, 0.15) is 28.8 Å². The number of rotatable bonds is 7. The Balaban J connectivity index is 1.50. The molecule has 0 spiro atoms. The first-order valence-electron chi connectivity index (χ1n) is 8.33. The first-order valence-corrected chi connectivity index (χ1v) is 9.21. The van der Waals surface area contributed by atoms with Crippen LogP contribution in [0.15, 0.2) is 29.8 Å². The molecule has 124 valence electrons. The van der Waals surface area contributed by atoms with Crippen LogP contribution in [0.2, 0.25) is 0 Å². The zero-order valence-corrected chi connectivity index (χ0v) is 14.9. The van der Waals surface area contributed by atoms with Crippen molar-refractivity contribution in [3.63, 3.8) is 0 Å². The molecule has 0 atom stereocenters. The summed E-state index contributed by atoms with van der Waals surface area (Å²) in [7, 11) is 4.07. The van der Waals surface area contributed by atoms with Crippen LogP contribution in [0, 0.1) is 0 Å². The van der Waals surface area contributed by atoms with Crippen molar-refractivity contribution >= 4 is 17.2 Å². The van der Waals surface area contributed by atoms with Gasteiger partial charge in [-0.05, 0) is 49.0 Å². The first-order chi connectivity index (χ1) is 11.2. The Morgan fingerprint density at radius 2 is 2.09 bits per heavy atom. The van der Waals surface area contributed by atoms with E-state index in [0.717, 1.165) is 25.5 Å². The monoisotopic (exact) mass is 330 g/mol. The Morgan fingerprint density at radius 1 is 1.26 bits per heavy atom. The number of hydrogen-bond donors (Lipinski definition) is 1. The molecular weight excluding hydrogens is 304 g/mol. The first kappa shape index (κ1) is 16.4. The molecule has 1 aliphatic heterocycles. The van der Waals surface area contributed by atoms with Crippen LogP contribution < -0.4 is 10.2 Å². The molecule has 1 N–H and O–H groups in total. The van der Waals surface area contributed by atoms with Crippen molar-refractivity contribution in [2.75, 3.05) is 32.1 Å². The van der Waals surface area contributed by atoms with Crippen molar-refractivity contribution in [2.45, 2.75) is 32.5 Å². The molecule has 2 aromatic rings. The lowest BCUT2D eigenvalue weighted by Crippen LogP contribution is -2.18. The minimum absolute atomic E-state index is 0.848. The van der Waals surface area contributed by atoms with E-state index in [4.69, 9.17) is 0 Å². The van der Waals surface area contributed by atoms with Crippen LogP contribution >= 0.6 is 11.3 Å². The van der Waals surface area contributed by atoms with E-state index in [0.29, 0.717) is 0 Å². The number of anilines is 1. The highest BCUT2D eigenvalue weighted by atomic mass is 32.1. The lowest BCUT2D eigenvalue weighted by Gasteiger charge is -2.16. The summed E-state index contributed by atoms with van der Waals surface area (Å²) in [6, 6.07) is 6.50. The fourth-order valence-corrected chi connectivity index (χ4v) is 3.94. The minimum Gasteiger partial charge on any atom is -0.362 e. The van der Waals surface area contributed by atoms with Crippen LogP contribution in [-0.2, 0) is 19.6 Å². The maximum absolute atomic E-state index is 4.45. The zero-order valence-electron chi connectivity index (χ0n) is 14.1. The normalized spacial score (nSPS) is 15.2. The summed E-state index contributed by atoms with van der Waals surface area (Å²) in [6.45, 7) is 5.41. The summed E-state index contributed by atoms with van der Waals surface area (Å²) >= 11 is 1.86. The van der Waals surface area contributed by atoms with Gasteiger partial charge in [0.1, 0.15) is 5.82 Å². The van der Waals surface area contributed by atoms with Gasteiger partial charge in [-0.1, -0.05) is 6.07 Å². The van der Waals surface area contributed by atoms with E-state index in [2.05, 4.69) is 37.6 Å². The molecule has 0 radical (unpaired) electrons. The van der Waals surface area contributed by atoms with Crippen molar-refractivity contribution in [1.82, 2.24) is 15.2 Å². The Bertz CT molecular complexity index is 617. The molecule has 4 nitrogen and oxygen atoms in total. The highest BCUT2D eigenvalue weighted by Gasteiger charge is 2.12. The summed E-state index contributed by atoms with van der Waals surface area (Å²) < 4.78 is 0. The Kier molecular flexibility index (Phi) is 5.65. The SMILES string of the molecule is CN(C)c1ncccc1CNCc1cc(CN2CCCC2)cs1. The summed E-state index contributed by atoms with van der Waals surface area (Å²) in [5.74, 6) is 1.04. The molecule has 23 heavy (non-hydrogen) atoms. The van der Waals surface area contributed by atoms with Gasteiger partial charge in [0, 0.05) is 50.4 Å². The summed E-state index contributed by atoms with van der Waals surface area (Å²) in [5, 5.41) is 5.86. The molecular formula is C18H26N4S. The van der Waals surface area contributed by atoms with Crippen molar-refractivity contribution in [1.29, 1.82) is 0 Å². The van der Waals surface area contributed by atoms with Gasteiger partial charge in [-0.3, -0.25) is 4.90 Å². The number of thiophene rings is 1. The van der Waals surface area contributed by atoms with Gasteiger partial charge < -0.3 is 10.2 Å². The molecule has 3 rings (SSSR count). The molecule has 3 heterocycles. The van der Waals surface area contributed by atoms with Gasteiger partial charge in [-0.2, -0.15) is 0 Å². The van der Waals surface area contributed by atoms with Crippen molar-refractivity contribution < 1.29 is 0 Å². The van der Waals surface area contributed by atoms with E-state index in [1.165, 1.54) is 41.9 Å². The van der Waals surface area contributed by atoms with Gasteiger partial charge in [0.15, 0.2) is 0 Å². The summed E-state index contributed by atoms with van der Waals surface area (Å²) in [5.41, 5.74) is 2.70. The molecule has 0 amide bonds.